The van der Waals surface area contributed by atoms with Crippen molar-refractivity contribution >= 4 is 49.0 Å². The molecule has 5 nitrogen and oxygen atoms in total. The Labute approximate surface area is 226 Å². The second-order valence-electron chi connectivity index (χ2n) is 8.02. The zero-order valence-corrected chi connectivity index (χ0v) is 23.0. The van der Waals surface area contributed by atoms with Crippen LogP contribution in [0.4, 0.5) is 5.69 Å². The molecule has 5 rings (SSSR count). The number of imidazole rings is 1. The number of carbonyl (C=O) groups is 2. The Morgan fingerprint density at radius 1 is 0.857 bits per heavy atom. The molecule has 2 N–H and O–H groups in total. The number of hydrogen-bond donors (Lipinski definition) is 2. The fourth-order valence-corrected chi connectivity index (χ4v) is 5.83. The third-order valence-electron chi connectivity index (χ3n) is 5.44. The largest absolute Gasteiger partial charge is 0.0585 e. The van der Waals surface area contributed by atoms with Crippen molar-refractivity contribution < 1.29 is 30.8 Å². The van der Waals surface area contributed by atoms with Crippen molar-refractivity contribution in [3.05, 3.63) is 115 Å². The molecule has 1 aromatic heterocycles. The van der Waals surface area contributed by atoms with E-state index in [9.17, 15) is 9.59 Å². The number of nitrogens with zero attached hydrogens (tertiary/aromatic N) is 1. The Morgan fingerprint density at radius 3 is 2.26 bits per heavy atom. The Balaban J connectivity index is 1.30. The topological polar surface area (TPSA) is 74.8 Å². The molecule has 35 heavy (non-hydrogen) atoms. The Kier molecular flexibility index (Phi) is 6.96. The number of H-pyrrole nitrogens is 1. The van der Waals surface area contributed by atoms with Gasteiger partial charge in [0.15, 0.2) is 0 Å². The van der Waals surface area contributed by atoms with Crippen LogP contribution < -0.4 is 26.5 Å². The summed E-state index contributed by atoms with van der Waals surface area (Å²) in [5, 5.41) is 2.92. The average molecular weight is 684 g/mol. The van der Waals surface area contributed by atoms with Gasteiger partial charge in [0.05, 0.1) is 0 Å². The molecule has 0 saturated carbocycles. The summed E-state index contributed by atoms with van der Waals surface area (Å²) in [5.41, 5.74) is 5.67. The molecule has 0 spiro atoms. The molecule has 0 fully saturated rings. The summed E-state index contributed by atoms with van der Waals surface area (Å²) in [5.74, 6) is 0.570. The van der Waals surface area contributed by atoms with Crippen LogP contribution >= 0.6 is 22.6 Å². The van der Waals surface area contributed by atoms with Gasteiger partial charge in [0.1, 0.15) is 0 Å². The van der Waals surface area contributed by atoms with Crippen LogP contribution in [0.1, 0.15) is 26.3 Å². The molecule has 0 bridgehead atoms. The van der Waals surface area contributed by atoms with E-state index >= 15 is 0 Å². The summed E-state index contributed by atoms with van der Waals surface area (Å²) in [7, 11) is 0. The zero-order chi connectivity index (χ0) is 24.4. The number of benzene rings is 4. The molecule has 0 aliphatic heterocycles. The first-order valence-electron chi connectivity index (χ1n) is 10.9. The van der Waals surface area contributed by atoms with E-state index in [0.29, 0.717) is 22.6 Å². The van der Waals surface area contributed by atoms with Gasteiger partial charge in [0.2, 0.25) is 0 Å². The van der Waals surface area contributed by atoms with Crippen molar-refractivity contribution in [2.24, 2.45) is 0 Å². The average Bonchev–Trinajstić information content (AvgIpc) is 3.30. The maximum Gasteiger partial charge on any atom is -0.0492 e. The summed E-state index contributed by atoms with van der Waals surface area (Å²) >= 11 is 1.50. The number of nitrogens with one attached hydrogen (secondary N) is 2. The number of hydrogen-bond acceptors (Lipinski definition) is 3. The molecule has 1 heterocycles. The summed E-state index contributed by atoms with van der Waals surface area (Å²) in [6, 6.07) is 28.8. The quantitative estimate of drug-likeness (QED) is 0.213. The molecule has 174 valence electrons. The van der Waals surface area contributed by atoms with Gasteiger partial charge in [-0.05, 0) is 19.1 Å². The molecule has 0 aliphatic carbocycles. The maximum absolute atomic E-state index is 12.8. The summed E-state index contributed by atoms with van der Waals surface area (Å²) < 4.78 is 2.45. The van der Waals surface area contributed by atoms with Crippen LogP contribution in [0.3, 0.4) is 0 Å². The first-order valence-corrected chi connectivity index (χ1v) is 14.1. The minimum absolute atomic E-state index is 0.147. The van der Waals surface area contributed by atoms with Gasteiger partial charge in [-0.15, -0.1) is 0 Å². The normalized spacial score (nSPS) is 11.0. The van der Waals surface area contributed by atoms with Gasteiger partial charge in [-0.25, -0.2) is 0 Å². The van der Waals surface area contributed by atoms with E-state index in [4.69, 9.17) is 0 Å². The fourth-order valence-electron chi connectivity index (χ4n) is 3.53. The van der Waals surface area contributed by atoms with E-state index in [2.05, 4.69) is 37.9 Å². The number of fused-ring (bicyclic) bond motifs is 1. The van der Waals surface area contributed by atoms with Crippen LogP contribution in [-0.2, 0) is 0 Å². The van der Waals surface area contributed by atoms with Crippen molar-refractivity contribution in [1.82, 2.24) is 9.97 Å². The third-order valence-corrected chi connectivity index (χ3v) is 8.61. The zero-order valence-electron chi connectivity index (χ0n) is 18.7. The van der Waals surface area contributed by atoms with Crippen molar-refractivity contribution in [2.75, 3.05) is 5.32 Å². The monoisotopic (exact) mass is 684 g/mol. The maximum atomic E-state index is 12.8. The van der Waals surface area contributed by atoms with Crippen LogP contribution in [-0.4, -0.2) is 19.7 Å². The van der Waals surface area contributed by atoms with E-state index in [1.165, 1.54) is 0 Å². The van der Waals surface area contributed by atoms with Crippen molar-refractivity contribution in [3.63, 3.8) is 0 Å². The van der Waals surface area contributed by atoms with E-state index in [1.807, 2.05) is 97.9 Å². The molecular formula is C28H20I2N3O2-. The fraction of sp³-hybridized carbons (Fsp3) is 0.0357. The first kappa shape index (κ1) is 23.7. The molecule has 4 aromatic carbocycles. The summed E-state index contributed by atoms with van der Waals surface area (Å²) in [6.07, 6.45) is 0. The smallest absolute Gasteiger partial charge is 0.0492 e. The number of aromatic nitrogens is 2. The van der Waals surface area contributed by atoms with Gasteiger partial charge in [0, 0.05) is 5.56 Å². The first-order chi connectivity index (χ1) is 16.9. The predicted molar refractivity (Wildman–Crippen MR) is 143 cm³/mol. The van der Waals surface area contributed by atoms with Crippen LogP contribution in [0.5, 0.6) is 0 Å². The van der Waals surface area contributed by atoms with Crippen LogP contribution in [0.2, 0.25) is 0 Å². The van der Waals surface area contributed by atoms with Gasteiger partial charge in [-0.2, -0.15) is 0 Å². The van der Waals surface area contributed by atoms with Gasteiger partial charge in [-0.1, -0.05) is 17.7 Å². The van der Waals surface area contributed by atoms with Crippen molar-refractivity contribution in [1.29, 1.82) is 0 Å². The van der Waals surface area contributed by atoms with Gasteiger partial charge in [-0.3, -0.25) is 4.79 Å². The van der Waals surface area contributed by atoms with Gasteiger partial charge < -0.3 is 0 Å². The summed E-state index contributed by atoms with van der Waals surface area (Å²) in [6.45, 7) is 1.99. The van der Waals surface area contributed by atoms with E-state index < -0.39 is 21.2 Å². The second-order valence-corrected chi connectivity index (χ2v) is 12.0. The third kappa shape index (κ3) is 5.62. The molecular weight excluding hydrogens is 664 g/mol. The molecule has 0 atom stereocenters. The number of amides is 1. The summed E-state index contributed by atoms with van der Waals surface area (Å²) in [4.78, 5) is 33.3. The molecule has 0 saturated heterocycles. The number of aryl methyl sites for hydroxylation is 1. The van der Waals surface area contributed by atoms with Crippen LogP contribution in [0, 0.1) is 14.1 Å². The van der Waals surface area contributed by atoms with E-state index in [0.717, 1.165) is 29.3 Å². The van der Waals surface area contributed by atoms with E-state index in [-0.39, 0.29) is 9.70 Å². The molecule has 0 radical (unpaired) electrons. The number of carbonyl (C=O) groups excluding carboxylic acids is 2. The standard InChI is InChI=1S/C28H20I2N3O2/c1-17-2-4-19(5-3-17)28(35)31-23-13-6-18(7-14-23)27-32-24-15-8-20(16-25(24)33-27)26(34)30-22-11-9-21(29)10-12-22/h2-16H,1H3,(H,31,35)(H,32,33)/q-1. The molecule has 1 amide bonds. The van der Waals surface area contributed by atoms with E-state index in [1.54, 1.807) is 0 Å². The van der Waals surface area contributed by atoms with Crippen LogP contribution in [0.15, 0.2) is 91.0 Å². The number of rotatable bonds is 6. The Hall–Kier alpha value is -3.05. The van der Waals surface area contributed by atoms with Gasteiger partial charge >= 0.3 is 181 Å². The molecule has 0 aliphatic rings. The van der Waals surface area contributed by atoms with Crippen LogP contribution in [0.25, 0.3) is 22.4 Å². The second kappa shape index (κ2) is 10.3. The number of halogens is 2. The van der Waals surface area contributed by atoms with Gasteiger partial charge in [0.25, 0.3) is 0 Å². The molecule has 5 aromatic rings. The molecule has 7 heteroatoms. The predicted octanol–water partition coefficient (Wildman–Crippen LogP) is 3.49. The minimum atomic E-state index is -0.763. The Bertz CT molecular complexity index is 1520. The molecule has 0 unspecified atom stereocenters. The van der Waals surface area contributed by atoms with Crippen molar-refractivity contribution in [2.45, 2.75) is 6.92 Å². The minimum Gasteiger partial charge on any atom is -0.0585 e. The SMILES string of the molecule is Cc1ccc(C(=O)Nc2ccc(-c3nc4ccc(C(=O)[I-]c5ccc(I)cc5)cc4[nH]3)cc2)cc1. The van der Waals surface area contributed by atoms with Crippen molar-refractivity contribution in [3.8, 4) is 11.4 Å². The number of aromatic amines is 1. The number of anilines is 1. The Morgan fingerprint density at radius 2 is 1.54 bits per heavy atom.